The van der Waals surface area contributed by atoms with Gasteiger partial charge < -0.3 is 10.1 Å². The van der Waals surface area contributed by atoms with Crippen LogP contribution in [0.4, 0.5) is 0 Å². The Morgan fingerprint density at radius 3 is 3.06 bits per heavy atom. The second-order valence-corrected chi connectivity index (χ2v) is 5.37. The van der Waals surface area contributed by atoms with Crippen LogP contribution in [0.2, 0.25) is 0 Å². The molecule has 1 aliphatic rings. The fourth-order valence-electron chi connectivity index (χ4n) is 2.90. The molecule has 0 aromatic carbocycles. The van der Waals surface area contributed by atoms with Crippen molar-refractivity contribution in [2.45, 2.75) is 32.7 Å². The molecule has 3 heteroatoms. The van der Waals surface area contributed by atoms with Crippen molar-refractivity contribution in [3.8, 4) is 0 Å². The van der Waals surface area contributed by atoms with Gasteiger partial charge in [0, 0.05) is 37.6 Å². The maximum absolute atomic E-state index is 5.54. The van der Waals surface area contributed by atoms with Crippen molar-refractivity contribution < 1.29 is 4.74 Å². The summed E-state index contributed by atoms with van der Waals surface area (Å²) in [6, 6.07) is 4.64. The van der Waals surface area contributed by atoms with Crippen molar-refractivity contribution in [2.24, 2.45) is 11.8 Å². The van der Waals surface area contributed by atoms with Crippen molar-refractivity contribution in [1.29, 1.82) is 0 Å². The molecule has 18 heavy (non-hydrogen) atoms. The average molecular weight is 248 g/mol. The number of likely N-dealkylation sites (N-methyl/N-ethyl adjacent to an activating group) is 1. The standard InChI is InChI=1S/C15H24N2O/c1-11-5-4-7-17-14(11)9-15(16-3)13-6-8-18-10-12(13)2/h4-5,7,12-13,15-16H,6,8-10H2,1-3H3. The minimum Gasteiger partial charge on any atom is -0.381 e. The first-order valence-electron chi connectivity index (χ1n) is 6.88. The zero-order valence-electron chi connectivity index (χ0n) is 11.6. The number of hydrogen-bond acceptors (Lipinski definition) is 3. The lowest BCUT2D eigenvalue weighted by Crippen LogP contribution is -2.43. The molecule has 1 aromatic heterocycles. The van der Waals surface area contributed by atoms with Gasteiger partial charge in [0.15, 0.2) is 0 Å². The number of nitrogens with one attached hydrogen (secondary N) is 1. The summed E-state index contributed by atoms with van der Waals surface area (Å²) in [5.41, 5.74) is 2.51. The van der Waals surface area contributed by atoms with E-state index >= 15 is 0 Å². The average Bonchev–Trinajstić information content (AvgIpc) is 2.39. The summed E-state index contributed by atoms with van der Waals surface area (Å²) in [6.45, 7) is 6.22. The van der Waals surface area contributed by atoms with Crippen molar-refractivity contribution >= 4 is 0 Å². The Morgan fingerprint density at radius 1 is 1.56 bits per heavy atom. The minimum atomic E-state index is 0.498. The van der Waals surface area contributed by atoms with Crippen molar-refractivity contribution in [3.05, 3.63) is 29.6 Å². The lowest BCUT2D eigenvalue weighted by Gasteiger charge is -2.35. The summed E-state index contributed by atoms with van der Waals surface area (Å²) in [5, 5.41) is 3.48. The number of rotatable bonds is 4. The second kappa shape index (κ2) is 6.30. The normalized spacial score (nSPS) is 25.9. The van der Waals surface area contributed by atoms with Crippen molar-refractivity contribution in [2.75, 3.05) is 20.3 Å². The Balaban J connectivity index is 2.07. The molecule has 0 amide bonds. The minimum absolute atomic E-state index is 0.498. The van der Waals surface area contributed by atoms with Gasteiger partial charge in [0.1, 0.15) is 0 Å². The van der Waals surface area contributed by atoms with Gasteiger partial charge in [0.25, 0.3) is 0 Å². The van der Waals surface area contributed by atoms with Gasteiger partial charge in [-0.05, 0) is 43.9 Å². The molecule has 0 aliphatic carbocycles. The van der Waals surface area contributed by atoms with E-state index in [1.165, 1.54) is 11.3 Å². The first-order valence-corrected chi connectivity index (χ1v) is 6.88. The van der Waals surface area contributed by atoms with Crippen LogP contribution < -0.4 is 5.32 Å². The summed E-state index contributed by atoms with van der Waals surface area (Å²) in [7, 11) is 2.06. The van der Waals surface area contributed by atoms with E-state index in [2.05, 4.69) is 37.3 Å². The smallest absolute Gasteiger partial charge is 0.0494 e. The van der Waals surface area contributed by atoms with E-state index in [1.54, 1.807) is 0 Å². The molecule has 0 spiro atoms. The Morgan fingerprint density at radius 2 is 2.39 bits per heavy atom. The lowest BCUT2D eigenvalue weighted by molar-refractivity contribution is 0.0118. The van der Waals surface area contributed by atoms with Crippen LogP contribution in [0, 0.1) is 18.8 Å². The largest absolute Gasteiger partial charge is 0.381 e. The van der Waals surface area contributed by atoms with E-state index in [0.29, 0.717) is 17.9 Å². The Kier molecular flexibility index (Phi) is 4.72. The van der Waals surface area contributed by atoms with Crippen LogP contribution in [0.3, 0.4) is 0 Å². The molecule has 0 radical (unpaired) electrons. The van der Waals surface area contributed by atoms with E-state index in [9.17, 15) is 0 Å². The van der Waals surface area contributed by atoms with Gasteiger partial charge in [-0.25, -0.2) is 0 Å². The van der Waals surface area contributed by atoms with E-state index < -0.39 is 0 Å². The number of ether oxygens (including phenoxy) is 1. The third kappa shape index (κ3) is 3.09. The van der Waals surface area contributed by atoms with Gasteiger partial charge in [0.05, 0.1) is 0 Å². The van der Waals surface area contributed by atoms with Crippen LogP contribution in [0.1, 0.15) is 24.6 Å². The van der Waals surface area contributed by atoms with E-state index in [-0.39, 0.29) is 0 Å². The summed E-state index contributed by atoms with van der Waals surface area (Å²) >= 11 is 0. The first-order chi connectivity index (χ1) is 8.72. The van der Waals surface area contributed by atoms with Gasteiger partial charge in [-0.3, -0.25) is 4.98 Å². The predicted octanol–water partition coefficient (Wildman–Crippen LogP) is 2.19. The molecule has 2 rings (SSSR count). The topological polar surface area (TPSA) is 34.2 Å². The quantitative estimate of drug-likeness (QED) is 0.887. The molecule has 1 saturated heterocycles. The Hall–Kier alpha value is -0.930. The Bertz CT molecular complexity index is 381. The highest BCUT2D eigenvalue weighted by Crippen LogP contribution is 2.26. The SMILES string of the molecule is CNC(Cc1ncccc1C)C1CCOCC1C. The molecule has 1 aromatic rings. The third-order valence-corrected chi connectivity index (χ3v) is 4.13. The summed E-state index contributed by atoms with van der Waals surface area (Å²) in [4.78, 5) is 4.51. The van der Waals surface area contributed by atoms with Gasteiger partial charge in [-0.2, -0.15) is 0 Å². The fourth-order valence-corrected chi connectivity index (χ4v) is 2.90. The zero-order valence-corrected chi connectivity index (χ0v) is 11.6. The van der Waals surface area contributed by atoms with Gasteiger partial charge in [-0.15, -0.1) is 0 Å². The maximum atomic E-state index is 5.54. The van der Waals surface area contributed by atoms with Crippen LogP contribution >= 0.6 is 0 Å². The van der Waals surface area contributed by atoms with Gasteiger partial charge in [0.2, 0.25) is 0 Å². The molecule has 1 aliphatic heterocycles. The summed E-state index contributed by atoms with van der Waals surface area (Å²) in [6.07, 6.45) is 4.05. The fraction of sp³-hybridized carbons (Fsp3) is 0.667. The van der Waals surface area contributed by atoms with Crippen LogP contribution in [0.15, 0.2) is 18.3 Å². The molecular weight excluding hydrogens is 224 g/mol. The lowest BCUT2D eigenvalue weighted by atomic mass is 9.81. The summed E-state index contributed by atoms with van der Waals surface area (Å²) in [5.74, 6) is 1.31. The van der Waals surface area contributed by atoms with Crippen molar-refractivity contribution in [3.63, 3.8) is 0 Å². The maximum Gasteiger partial charge on any atom is 0.0494 e. The zero-order chi connectivity index (χ0) is 13.0. The molecule has 3 atom stereocenters. The van der Waals surface area contributed by atoms with Crippen LogP contribution in [-0.4, -0.2) is 31.3 Å². The molecule has 0 saturated carbocycles. The number of nitrogens with zero attached hydrogens (tertiary/aromatic N) is 1. The highest BCUT2D eigenvalue weighted by Gasteiger charge is 2.29. The number of aromatic nitrogens is 1. The van der Waals surface area contributed by atoms with Crippen LogP contribution in [-0.2, 0) is 11.2 Å². The summed E-state index contributed by atoms with van der Waals surface area (Å²) < 4.78 is 5.54. The van der Waals surface area contributed by atoms with Crippen LogP contribution in [0.25, 0.3) is 0 Å². The van der Waals surface area contributed by atoms with Gasteiger partial charge in [-0.1, -0.05) is 13.0 Å². The molecule has 100 valence electrons. The van der Waals surface area contributed by atoms with E-state index in [1.807, 2.05) is 12.3 Å². The second-order valence-electron chi connectivity index (χ2n) is 5.37. The Labute approximate surface area is 110 Å². The molecule has 1 fully saturated rings. The van der Waals surface area contributed by atoms with Gasteiger partial charge >= 0.3 is 0 Å². The molecule has 3 nitrogen and oxygen atoms in total. The molecular formula is C15H24N2O. The molecule has 3 unspecified atom stereocenters. The van der Waals surface area contributed by atoms with E-state index in [0.717, 1.165) is 26.1 Å². The van der Waals surface area contributed by atoms with Crippen molar-refractivity contribution in [1.82, 2.24) is 10.3 Å². The third-order valence-electron chi connectivity index (χ3n) is 4.13. The van der Waals surface area contributed by atoms with E-state index in [4.69, 9.17) is 4.74 Å². The number of pyridine rings is 1. The number of aryl methyl sites for hydroxylation is 1. The highest BCUT2D eigenvalue weighted by atomic mass is 16.5. The molecule has 0 bridgehead atoms. The number of hydrogen-bond donors (Lipinski definition) is 1. The van der Waals surface area contributed by atoms with Crippen LogP contribution in [0.5, 0.6) is 0 Å². The molecule has 1 N–H and O–H groups in total. The molecule has 2 heterocycles. The first kappa shape index (κ1) is 13.5. The predicted molar refractivity (Wildman–Crippen MR) is 73.6 cm³/mol. The highest BCUT2D eigenvalue weighted by molar-refractivity contribution is 5.18. The monoisotopic (exact) mass is 248 g/mol.